The Morgan fingerprint density at radius 2 is 2.04 bits per heavy atom. The Hall–Kier alpha value is -2.18. The van der Waals surface area contributed by atoms with Gasteiger partial charge in [-0.1, -0.05) is 13.0 Å². The van der Waals surface area contributed by atoms with Crippen molar-refractivity contribution in [1.82, 2.24) is 14.5 Å². The van der Waals surface area contributed by atoms with E-state index in [9.17, 15) is 4.79 Å². The summed E-state index contributed by atoms with van der Waals surface area (Å²) < 4.78 is 6.83. The maximum Gasteiger partial charge on any atom is 0.250 e. The van der Waals surface area contributed by atoms with Gasteiger partial charge in [0.05, 0.1) is 31.1 Å². The molecule has 6 nitrogen and oxygen atoms in total. The minimum atomic E-state index is 0.0347. The van der Waals surface area contributed by atoms with Crippen molar-refractivity contribution in [2.24, 2.45) is 7.05 Å². The first-order chi connectivity index (χ1) is 12.7. The summed E-state index contributed by atoms with van der Waals surface area (Å²) in [6, 6.07) is 10.5. The van der Waals surface area contributed by atoms with Gasteiger partial charge in [0, 0.05) is 51.2 Å². The number of anilines is 1. The van der Waals surface area contributed by atoms with E-state index >= 15 is 0 Å². The third kappa shape index (κ3) is 4.51. The number of piperazine rings is 1. The van der Waals surface area contributed by atoms with E-state index in [1.54, 1.807) is 19.3 Å². The molecule has 0 bridgehead atoms. The van der Waals surface area contributed by atoms with Gasteiger partial charge in [0.25, 0.3) is 0 Å². The molecular formula is C20H28N4O2. The molecule has 0 amide bonds. The van der Waals surface area contributed by atoms with Crippen molar-refractivity contribution < 1.29 is 4.74 Å². The molecule has 0 saturated carbocycles. The Kier molecular flexibility index (Phi) is 6.41. The fourth-order valence-corrected chi connectivity index (χ4v) is 3.37. The first-order valence-corrected chi connectivity index (χ1v) is 9.29. The molecule has 1 unspecified atom stereocenters. The second kappa shape index (κ2) is 8.96. The summed E-state index contributed by atoms with van der Waals surface area (Å²) in [5.74, 6) is 0. The quantitative estimate of drug-likeness (QED) is 0.839. The van der Waals surface area contributed by atoms with Crippen LogP contribution in [-0.2, 0) is 11.8 Å². The van der Waals surface area contributed by atoms with E-state index in [-0.39, 0.29) is 5.56 Å². The number of ether oxygens (including phenoxy) is 1. The van der Waals surface area contributed by atoms with Crippen molar-refractivity contribution in [2.45, 2.75) is 25.4 Å². The number of aromatic nitrogens is 2. The monoisotopic (exact) mass is 356 g/mol. The third-order valence-electron chi connectivity index (χ3n) is 5.11. The molecule has 0 aliphatic carbocycles. The van der Waals surface area contributed by atoms with Crippen molar-refractivity contribution in [3.63, 3.8) is 0 Å². The average molecular weight is 356 g/mol. The average Bonchev–Trinajstić information content (AvgIpc) is 2.64. The highest BCUT2D eigenvalue weighted by molar-refractivity contribution is 5.45. The van der Waals surface area contributed by atoms with Gasteiger partial charge in [-0.05, 0) is 24.6 Å². The van der Waals surface area contributed by atoms with Gasteiger partial charge in [-0.15, -0.1) is 0 Å². The van der Waals surface area contributed by atoms with E-state index in [0.29, 0.717) is 12.1 Å². The van der Waals surface area contributed by atoms with Gasteiger partial charge in [0.2, 0.25) is 5.56 Å². The molecule has 2 saturated heterocycles. The summed E-state index contributed by atoms with van der Waals surface area (Å²) in [6.07, 6.45) is 6.72. The lowest BCUT2D eigenvalue weighted by atomic mass is 10.1. The molecule has 2 aliphatic rings. The van der Waals surface area contributed by atoms with Crippen LogP contribution in [0.4, 0.5) is 5.69 Å². The topological polar surface area (TPSA) is 50.6 Å². The smallest absolute Gasteiger partial charge is 0.250 e. The summed E-state index contributed by atoms with van der Waals surface area (Å²) >= 11 is 0. The molecule has 0 radical (unpaired) electrons. The molecular weight excluding hydrogens is 328 g/mol. The Morgan fingerprint density at radius 1 is 1.19 bits per heavy atom. The molecule has 2 aliphatic heterocycles. The normalized spacial score (nSPS) is 20.8. The maximum atomic E-state index is 10.6. The predicted molar refractivity (Wildman–Crippen MR) is 104 cm³/mol. The molecule has 26 heavy (non-hydrogen) atoms. The van der Waals surface area contributed by atoms with Crippen molar-refractivity contribution in [2.75, 3.05) is 37.7 Å². The molecule has 2 fully saturated rings. The molecule has 2 aromatic rings. The summed E-state index contributed by atoms with van der Waals surface area (Å²) in [7, 11) is 1.72. The molecule has 0 aromatic carbocycles. The molecule has 0 N–H and O–H groups in total. The van der Waals surface area contributed by atoms with Gasteiger partial charge in [-0.2, -0.15) is 0 Å². The van der Waals surface area contributed by atoms with Crippen LogP contribution in [0.5, 0.6) is 0 Å². The van der Waals surface area contributed by atoms with E-state index in [1.165, 1.54) is 22.7 Å². The Balaban J connectivity index is 0.000000206. The van der Waals surface area contributed by atoms with Crippen LogP contribution in [0.2, 0.25) is 0 Å². The van der Waals surface area contributed by atoms with Crippen LogP contribution in [0.25, 0.3) is 0 Å². The molecule has 6 heteroatoms. The number of pyridine rings is 2. The predicted octanol–water partition coefficient (Wildman–Crippen LogP) is 1.77. The molecule has 4 heterocycles. The number of rotatable bonds is 3. The van der Waals surface area contributed by atoms with Gasteiger partial charge in [0.1, 0.15) is 0 Å². The summed E-state index contributed by atoms with van der Waals surface area (Å²) in [4.78, 5) is 19.9. The van der Waals surface area contributed by atoms with Gasteiger partial charge >= 0.3 is 0 Å². The highest BCUT2D eigenvalue weighted by Gasteiger charge is 2.33. The molecule has 0 spiro atoms. The zero-order valence-corrected chi connectivity index (χ0v) is 15.6. The van der Waals surface area contributed by atoms with Gasteiger partial charge < -0.3 is 14.2 Å². The number of nitrogens with zero attached hydrogens (tertiary/aromatic N) is 4. The van der Waals surface area contributed by atoms with E-state index < -0.39 is 0 Å². The van der Waals surface area contributed by atoms with Gasteiger partial charge in [-0.25, -0.2) is 0 Å². The van der Waals surface area contributed by atoms with Crippen molar-refractivity contribution in [1.29, 1.82) is 0 Å². The number of hydrogen-bond acceptors (Lipinski definition) is 5. The van der Waals surface area contributed by atoms with Crippen LogP contribution < -0.4 is 10.5 Å². The lowest BCUT2D eigenvalue weighted by Gasteiger charge is -2.47. The highest BCUT2D eigenvalue weighted by Crippen LogP contribution is 2.23. The number of aryl methyl sites for hydroxylation is 1. The van der Waals surface area contributed by atoms with Gasteiger partial charge in [-0.3, -0.25) is 14.7 Å². The van der Waals surface area contributed by atoms with Crippen molar-refractivity contribution in [3.05, 3.63) is 59.3 Å². The van der Waals surface area contributed by atoms with Crippen molar-refractivity contribution in [3.8, 4) is 0 Å². The highest BCUT2D eigenvalue weighted by atomic mass is 16.5. The summed E-state index contributed by atoms with van der Waals surface area (Å²) in [5.41, 5.74) is 1.29. The van der Waals surface area contributed by atoms with Crippen LogP contribution in [0, 0.1) is 0 Å². The fraction of sp³-hybridized carbons (Fsp3) is 0.500. The Labute approximate surface area is 155 Å². The second-order valence-corrected chi connectivity index (χ2v) is 6.80. The zero-order valence-electron chi connectivity index (χ0n) is 15.6. The molecule has 4 rings (SSSR count). The van der Waals surface area contributed by atoms with E-state index in [1.807, 2.05) is 24.5 Å². The van der Waals surface area contributed by atoms with E-state index in [2.05, 4.69) is 27.8 Å². The Morgan fingerprint density at radius 3 is 2.58 bits per heavy atom. The first kappa shape index (κ1) is 18.6. The SMILES string of the molecule is CCC1CN(C2COC2)CCN1c1cccnc1.Cn1ccccc1=O. The van der Waals surface area contributed by atoms with Crippen LogP contribution in [0.3, 0.4) is 0 Å². The van der Waals surface area contributed by atoms with Crippen LogP contribution in [-0.4, -0.2) is 59.4 Å². The lowest BCUT2D eigenvalue weighted by Crippen LogP contribution is -2.60. The standard InChI is InChI=1S/C14H21N3O.C6H7NO/c1-2-12-9-16(14-10-18-11-14)6-7-17(12)13-4-3-5-15-8-13;1-7-5-3-2-4-6(7)8/h3-5,8,12,14H,2,6-7,9-11H2,1H3;2-5H,1H3. The number of hydrogen-bond donors (Lipinski definition) is 0. The summed E-state index contributed by atoms with van der Waals surface area (Å²) in [5, 5.41) is 0. The fourth-order valence-electron chi connectivity index (χ4n) is 3.37. The molecule has 140 valence electrons. The van der Waals surface area contributed by atoms with Crippen LogP contribution >= 0.6 is 0 Å². The third-order valence-corrected chi connectivity index (χ3v) is 5.11. The van der Waals surface area contributed by atoms with E-state index in [4.69, 9.17) is 4.74 Å². The minimum absolute atomic E-state index is 0.0347. The first-order valence-electron chi connectivity index (χ1n) is 9.29. The Bertz CT molecular complexity index is 730. The second-order valence-electron chi connectivity index (χ2n) is 6.80. The lowest BCUT2D eigenvalue weighted by molar-refractivity contribution is -0.0698. The zero-order chi connectivity index (χ0) is 18.4. The summed E-state index contributed by atoms with van der Waals surface area (Å²) in [6.45, 7) is 7.50. The maximum absolute atomic E-state index is 10.6. The van der Waals surface area contributed by atoms with Crippen molar-refractivity contribution >= 4 is 5.69 Å². The van der Waals surface area contributed by atoms with Crippen LogP contribution in [0.15, 0.2) is 53.7 Å². The van der Waals surface area contributed by atoms with E-state index in [0.717, 1.165) is 32.8 Å². The molecule has 2 aromatic heterocycles. The molecule has 1 atom stereocenters. The van der Waals surface area contributed by atoms with Gasteiger partial charge in [0.15, 0.2) is 0 Å². The largest absolute Gasteiger partial charge is 0.378 e. The van der Waals surface area contributed by atoms with Crippen LogP contribution in [0.1, 0.15) is 13.3 Å². The minimum Gasteiger partial charge on any atom is -0.378 e.